The number of nitrogens with one attached hydrogen (secondary N) is 1. The van der Waals surface area contributed by atoms with E-state index in [9.17, 15) is 0 Å². The number of fused-ring (bicyclic) bond motifs is 2. The molecule has 0 atom stereocenters. The Morgan fingerprint density at radius 2 is 1.90 bits per heavy atom. The van der Waals surface area contributed by atoms with E-state index in [4.69, 9.17) is 15.2 Å². The molecule has 4 rings (SSSR count). The molecule has 0 radical (unpaired) electrons. The third-order valence-corrected chi connectivity index (χ3v) is 3.48. The molecule has 2 heterocycles. The molecule has 3 N–H and O–H groups in total. The number of nitrogens with zero attached hydrogens (tertiary/aromatic N) is 1. The standard InChI is InChI=1S/C15H13N3O2/c16-11-6-14-13(19-8-20-14)5-10(11)15-17-7-9-3-1-2-4-12(9)18-15/h1-6H,7-8,16H2,(H,17,18). The van der Waals surface area contributed by atoms with Crippen LogP contribution in [0.1, 0.15) is 11.1 Å². The summed E-state index contributed by atoms with van der Waals surface area (Å²) in [4.78, 5) is 4.56. The molecule has 2 aliphatic heterocycles. The van der Waals surface area contributed by atoms with Crippen molar-refractivity contribution in [2.24, 2.45) is 4.99 Å². The normalized spacial score (nSPS) is 15.3. The summed E-state index contributed by atoms with van der Waals surface area (Å²) in [5, 5.41) is 3.32. The van der Waals surface area contributed by atoms with Gasteiger partial charge in [0.15, 0.2) is 11.5 Å². The summed E-state index contributed by atoms with van der Waals surface area (Å²) < 4.78 is 10.7. The first-order valence-corrected chi connectivity index (χ1v) is 6.40. The Hall–Kier alpha value is -2.69. The van der Waals surface area contributed by atoms with Crippen molar-refractivity contribution >= 4 is 17.2 Å². The smallest absolute Gasteiger partial charge is 0.231 e. The average Bonchev–Trinajstić information content (AvgIpc) is 2.93. The zero-order valence-corrected chi connectivity index (χ0v) is 10.7. The zero-order chi connectivity index (χ0) is 13.5. The number of ether oxygens (including phenoxy) is 2. The van der Waals surface area contributed by atoms with Crippen molar-refractivity contribution < 1.29 is 9.47 Å². The Morgan fingerprint density at radius 1 is 1.10 bits per heavy atom. The molecule has 5 nitrogen and oxygen atoms in total. The van der Waals surface area contributed by atoms with Crippen LogP contribution in [0.3, 0.4) is 0 Å². The number of anilines is 2. The van der Waals surface area contributed by atoms with Crippen molar-refractivity contribution in [3.05, 3.63) is 47.5 Å². The van der Waals surface area contributed by atoms with Crippen molar-refractivity contribution in [1.29, 1.82) is 0 Å². The maximum Gasteiger partial charge on any atom is 0.231 e. The second-order valence-corrected chi connectivity index (χ2v) is 4.74. The van der Waals surface area contributed by atoms with E-state index in [2.05, 4.69) is 16.4 Å². The van der Waals surface area contributed by atoms with E-state index in [0.29, 0.717) is 23.7 Å². The lowest BCUT2D eigenvalue weighted by Crippen LogP contribution is -2.20. The molecular formula is C15H13N3O2. The summed E-state index contributed by atoms with van der Waals surface area (Å²) in [5.41, 5.74) is 9.79. The Labute approximate surface area is 116 Å². The van der Waals surface area contributed by atoms with Crippen LogP contribution in [0.15, 0.2) is 41.4 Å². The van der Waals surface area contributed by atoms with Crippen LogP contribution in [0, 0.1) is 0 Å². The molecule has 2 aromatic rings. The lowest BCUT2D eigenvalue weighted by Gasteiger charge is -2.19. The molecule has 0 fully saturated rings. The molecule has 0 saturated heterocycles. The second-order valence-electron chi connectivity index (χ2n) is 4.74. The largest absolute Gasteiger partial charge is 0.454 e. The Balaban J connectivity index is 1.74. The van der Waals surface area contributed by atoms with Crippen molar-refractivity contribution in [2.75, 3.05) is 17.8 Å². The van der Waals surface area contributed by atoms with E-state index in [-0.39, 0.29) is 6.79 Å². The van der Waals surface area contributed by atoms with Crippen LogP contribution < -0.4 is 20.5 Å². The van der Waals surface area contributed by atoms with Gasteiger partial charge in [0.1, 0.15) is 5.84 Å². The van der Waals surface area contributed by atoms with E-state index in [1.807, 2.05) is 24.3 Å². The zero-order valence-electron chi connectivity index (χ0n) is 10.7. The molecule has 0 spiro atoms. The van der Waals surface area contributed by atoms with E-state index in [1.165, 1.54) is 5.56 Å². The van der Waals surface area contributed by atoms with Crippen molar-refractivity contribution in [3.63, 3.8) is 0 Å². The summed E-state index contributed by atoms with van der Waals surface area (Å²) in [6.07, 6.45) is 0. The molecule has 0 aliphatic carbocycles. The van der Waals surface area contributed by atoms with Crippen molar-refractivity contribution in [2.45, 2.75) is 6.54 Å². The highest BCUT2D eigenvalue weighted by Crippen LogP contribution is 2.36. The van der Waals surface area contributed by atoms with Crippen LogP contribution in [-0.4, -0.2) is 12.6 Å². The first kappa shape index (κ1) is 11.2. The van der Waals surface area contributed by atoms with E-state index >= 15 is 0 Å². The Bertz CT molecular complexity index is 725. The topological polar surface area (TPSA) is 68.9 Å². The fourth-order valence-corrected chi connectivity index (χ4v) is 2.43. The lowest BCUT2D eigenvalue weighted by atomic mass is 10.1. The first-order chi connectivity index (χ1) is 9.81. The Morgan fingerprint density at radius 3 is 2.80 bits per heavy atom. The van der Waals surface area contributed by atoms with Crippen LogP contribution >= 0.6 is 0 Å². The predicted octanol–water partition coefficient (Wildman–Crippen LogP) is 2.37. The molecule has 5 heteroatoms. The van der Waals surface area contributed by atoms with Gasteiger partial charge >= 0.3 is 0 Å². The maximum atomic E-state index is 6.09. The van der Waals surface area contributed by atoms with Gasteiger partial charge in [0, 0.05) is 23.0 Å². The molecule has 0 amide bonds. The van der Waals surface area contributed by atoms with Gasteiger partial charge in [-0.25, -0.2) is 0 Å². The van der Waals surface area contributed by atoms with E-state index in [0.717, 1.165) is 17.1 Å². The minimum atomic E-state index is 0.237. The van der Waals surface area contributed by atoms with Gasteiger partial charge in [-0.15, -0.1) is 0 Å². The van der Waals surface area contributed by atoms with Gasteiger partial charge in [-0.1, -0.05) is 18.2 Å². The average molecular weight is 267 g/mol. The molecule has 2 aromatic carbocycles. The number of para-hydroxylation sites is 1. The number of nitrogen functional groups attached to an aromatic ring is 1. The highest BCUT2D eigenvalue weighted by Gasteiger charge is 2.20. The SMILES string of the molecule is Nc1cc2c(cc1C1=NCc3ccccc3N1)OCO2. The Kier molecular flexibility index (Phi) is 2.32. The monoisotopic (exact) mass is 267 g/mol. The first-order valence-electron chi connectivity index (χ1n) is 6.40. The lowest BCUT2D eigenvalue weighted by molar-refractivity contribution is 0.174. The summed E-state index contributed by atoms with van der Waals surface area (Å²) in [5.74, 6) is 2.15. The molecule has 0 unspecified atom stereocenters. The molecule has 0 bridgehead atoms. The summed E-state index contributed by atoms with van der Waals surface area (Å²) in [7, 11) is 0. The highest BCUT2D eigenvalue weighted by atomic mass is 16.7. The van der Waals surface area contributed by atoms with Gasteiger partial charge < -0.3 is 20.5 Å². The summed E-state index contributed by atoms with van der Waals surface area (Å²) in [6, 6.07) is 11.8. The number of amidine groups is 1. The third kappa shape index (κ3) is 1.67. The maximum absolute atomic E-state index is 6.09. The molecule has 2 aliphatic rings. The quantitative estimate of drug-likeness (QED) is 0.778. The third-order valence-electron chi connectivity index (χ3n) is 3.48. The molecular weight excluding hydrogens is 254 g/mol. The predicted molar refractivity (Wildman–Crippen MR) is 77.3 cm³/mol. The molecule has 20 heavy (non-hydrogen) atoms. The van der Waals surface area contributed by atoms with Gasteiger partial charge in [-0.05, 0) is 17.7 Å². The second kappa shape index (κ2) is 4.16. The van der Waals surface area contributed by atoms with Gasteiger partial charge in [-0.2, -0.15) is 0 Å². The van der Waals surface area contributed by atoms with Crippen molar-refractivity contribution in [3.8, 4) is 11.5 Å². The summed E-state index contributed by atoms with van der Waals surface area (Å²) in [6.45, 7) is 0.882. The number of nitrogens with two attached hydrogens (primary N) is 1. The van der Waals surface area contributed by atoms with Crippen LogP contribution in [0.25, 0.3) is 0 Å². The van der Waals surface area contributed by atoms with Crippen LogP contribution in [0.4, 0.5) is 11.4 Å². The van der Waals surface area contributed by atoms with Crippen LogP contribution in [0.5, 0.6) is 11.5 Å². The van der Waals surface area contributed by atoms with E-state index in [1.54, 1.807) is 6.07 Å². The van der Waals surface area contributed by atoms with Crippen molar-refractivity contribution in [1.82, 2.24) is 0 Å². The van der Waals surface area contributed by atoms with Crippen LogP contribution in [0.2, 0.25) is 0 Å². The summed E-state index contributed by atoms with van der Waals surface area (Å²) >= 11 is 0. The number of benzene rings is 2. The minimum Gasteiger partial charge on any atom is -0.454 e. The molecule has 100 valence electrons. The van der Waals surface area contributed by atoms with Gasteiger partial charge in [-0.3, -0.25) is 4.99 Å². The molecule has 0 saturated carbocycles. The fourth-order valence-electron chi connectivity index (χ4n) is 2.43. The van der Waals surface area contributed by atoms with Gasteiger partial charge in [0.05, 0.1) is 6.54 Å². The number of hydrogen-bond donors (Lipinski definition) is 2. The minimum absolute atomic E-state index is 0.237. The fraction of sp³-hybridized carbons (Fsp3) is 0.133. The number of hydrogen-bond acceptors (Lipinski definition) is 5. The number of rotatable bonds is 1. The highest BCUT2D eigenvalue weighted by molar-refractivity contribution is 6.12. The molecule has 0 aromatic heterocycles. The van der Waals surface area contributed by atoms with Gasteiger partial charge in [0.25, 0.3) is 0 Å². The number of aliphatic imine (C=N–C) groups is 1. The van der Waals surface area contributed by atoms with Gasteiger partial charge in [0.2, 0.25) is 6.79 Å². The van der Waals surface area contributed by atoms with Crippen LogP contribution in [-0.2, 0) is 6.54 Å². The van der Waals surface area contributed by atoms with E-state index < -0.39 is 0 Å².